The number of aromatic nitrogens is 1. The molecule has 1 atom stereocenters. The minimum Gasteiger partial charge on any atom is -0.343 e. The zero-order valence-corrected chi connectivity index (χ0v) is 12.8. The molecule has 2 aromatic rings. The fourth-order valence-corrected chi connectivity index (χ4v) is 2.53. The van der Waals surface area contributed by atoms with Crippen molar-refractivity contribution in [2.75, 3.05) is 6.54 Å². The monoisotopic (exact) mass is 299 g/mol. The minimum absolute atomic E-state index is 0.115. The van der Waals surface area contributed by atoms with Crippen LogP contribution in [-0.2, 0) is 0 Å². The van der Waals surface area contributed by atoms with Crippen molar-refractivity contribution in [3.8, 4) is 11.8 Å². The maximum atomic E-state index is 12.4. The summed E-state index contributed by atoms with van der Waals surface area (Å²) in [4.78, 5) is 16.6. The third kappa shape index (κ3) is 3.91. The van der Waals surface area contributed by atoms with E-state index in [-0.39, 0.29) is 11.9 Å². The van der Waals surface area contributed by atoms with Crippen molar-refractivity contribution >= 4 is 17.2 Å². The van der Waals surface area contributed by atoms with Gasteiger partial charge in [-0.1, -0.05) is 17.9 Å². The van der Waals surface area contributed by atoms with Gasteiger partial charge in [-0.15, -0.1) is 11.3 Å². The number of rotatable bonds is 3. The van der Waals surface area contributed by atoms with E-state index < -0.39 is 0 Å². The van der Waals surface area contributed by atoms with Crippen LogP contribution in [0.3, 0.4) is 0 Å². The van der Waals surface area contributed by atoms with Gasteiger partial charge in [-0.3, -0.25) is 4.79 Å². The quantitative estimate of drug-likeness (QED) is 0.854. The molecule has 0 saturated carbocycles. The molecule has 0 bridgehead atoms. The lowest BCUT2D eigenvalue weighted by Gasteiger charge is -2.13. The van der Waals surface area contributed by atoms with E-state index in [1.807, 2.05) is 31.4 Å². The van der Waals surface area contributed by atoms with E-state index in [1.165, 1.54) is 11.3 Å². The van der Waals surface area contributed by atoms with Crippen LogP contribution in [0.25, 0.3) is 0 Å². The van der Waals surface area contributed by atoms with E-state index in [0.29, 0.717) is 12.1 Å². The standard InChI is InChI=1S/C16H17N3OS/c1-11-5-6-13(4-3-7-17)10-14(11)15(20)19-12(2)16-18-8-9-21-16/h5-6,8-10,12H,7,17H2,1-2H3,(H,19,20). The molecule has 1 unspecified atom stereocenters. The van der Waals surface area contributed by atoms with E-state index in [9.17, 15) is 4.79 Å². The molecule has 1 aromatic heterocycles. The lowest BCUT2D eigenvalue weighted by molar-refractivity contribution is 0.0939. The Bertz CT molecular complexity index is 683. The third-order valence-electron chi connectivity index (χ3n) is 2.99. The van der Waals surface area contributed by atoms with E-state index in [2.05, 4.69) is 22.1 Å². The van der Waals surface area contributed by atoms with Gasteiger partial charge >= 0.3 is 0 Å². The van der Waals surface area contributed by atoms with Crippen LogP contribution in [-0.4, -0.2) is 17.4 Å². The van der Waals surface area contributed by atoms with Crippen LogP contribution < -0.4 is 11.1 Å². The average Bonchev–Trinajstić information content (AvgIpc) is 3.00. The van der Waals surface area contributed by atoms with Crippen LogP contribution in [0.2, 0.25) is 0 Å². The predicted octanol–water partition coefficient (Wildman–Crippen LogP) is 2.25. The summed E-state index contributed by atoms with van der Waals surface area (Å²) in [5.41, 5.74) is 7.70. The maximum Gasteiger partial charge on any atom is 0.252 e. The van der Waals surface area contributed by atoms with Crippen molar-refractivity contribution in [3.05, 3.63) is 51.5 Å². The summed E-state index contributed by atoms with van der Waals surface area (Å²) in [6, 6.07) is 5.46. The third-order valence-corrected chi connectivity index (χ3v) is 3.94. The van der Waals surface area contributed by atoms with Crippen LogP contribution in [0.5, 0.6) is 0 Å². The molecular formula is C16H17N3OS. The van der Waals surface area contributed by atoms with Crippen LogP contribution in [0, 0.1) is 18.8 Å². The molecule has 3 N–H and O–H groups in total. The number of nitrogens with one attached hydrogen (secondary N) is 1. The Morgan fingerprint density at radius 1 is 1.52 bits per heavy atom. The molecule has 1 amide bonds. The molecule has 2 rings (SSSR count). The highest BCUT2D eigenvalue weighted by Crippen LogP contribution is 2.17. The molecule has 0 spiro atoms. The zero-order valence-electron chi connectivity index (χ0n) is 12.0. The molecule has 4 nitrogen and oxygen atoms in total. The number of nitrogens with zero attached hydrogens (tertiary/aromatic N) is 1. The maximum absolute atomic E-state index is 12.4. The van der Waals surface area contributed by atoms with Gasteiger partial charge in [0.1, 0.15) is 5.01 Å². The first-order valence-corrected chi connectivity index (χ1v) is 7.49. The largest absolute Gasteiger partial charge is 0.343 e. The van der Waals surface area contributed by atoms with Crippen molar-refractivity contribution in [1.29, 1.82) is 0 Å². The Morgan fingerprint density at radius 2 is 2.33 bits per heavy atom. The fraction of sp³-hybridized carbons (Fsp3) is 0.250. The van der Waals surface area contributed by atoms with Gasteiger partial charge in [0.25, 0.3) is 5.91 Å². The second-order valence-corrected chi connectivity index (χ2v) is 5.53. The molecule has 21 heavy (non-hydrogen) atoms. The number of thiazole rings is 1. The number of amides is 1. The Kier molecular flexibility index (Phi) is 5.09. The Balaban J connectivity index is 2.18. The molecule has 0 aliphatic rings. The summed E-state index contributed by atoms with van der Waals surface area (Å²) in [5.74, 6) is 5.61. The van der Waals surface area contributed by atoms with E-state index in [1.54, 1.807) is 12.3 Å². The Hall–Kier alpha value is -2.16. The normalized spacial score (nSPS) is 11.4. The van der Waals surface area contributed by atoms with Gasteiger partial charge in [0.2, 0.25) is 0 Å². The molecule has 0 saturated heterocycles. The van der Waals surface area contributed by atoms with Gasteiger partial charge in [0.05, 0.1) is 12.6 Å². The second-order valence-electron chi connectivity index (χ2n) is 4.60. The number of hydrogen-bond donors (Lipinski definition) is 2. The minimum atomic E-state index is -0.119. The summed E-state index contributed by atoms with van der Waals surface area (Å²) in [5, 5.41) is 5.74. The van der Waals surface area contributed by atoms with Crippen LogP contribution in [0.1, 0.15) is 39.5 Å². The predicted molar refractivity (Wildman–Crippen MR) is 85.1 cm³/mol. The van der Waals surface area contributed by atoms with Crippen molar-refractivity contribution < 1.29 is 4.79 Å². The summed E-state index contributed by atoms with van der Waals surface area (Å²) in [6.45, 7) is 4.13. The van der Waals surface area contributed by atoms with Crippen molar-refractivity contribution in [3.63, 3.8) is 0 Å². The van der Waals surface area contributed by atoms with Gasteiger partial charge in [0, 0.05) is 22.7 Å². The number of aryl methyl sites for hydroxylation is 1. The molecule has 0 aliphatic heterocycles. The van der Waals surface area contributed by atoms with Gasteiger partial charge in [-0.25, -0.2) is 4.98 Å². The zero-order chi connectivity index (χ0) is 15.2. The lowest BCUT2D eigenvalue weighted by Crippen LogP contribution is -2.27. The Labute approximate surface area is 128 Å². The molecule has 0 fully saturated rings. The number of nitrogens with two attached hydrogens (primary N) is 1. The molecule has 108 valence electrons. The van der Waals surface area contributed by atoms with Crippen LogP contribution in [0.15, 0.2) is 29.8 Å². The SMILES string of the molecule is Cc1ccc(C#CCN)cc1C(=O)NC(C)c1nccs1. The van der Waals surface area contributed by atoms with Crippen LogP contribution >= 0.6 is 11.3 Å². The van der Waals surface area contributed by atoms with Gasteiger partial charge < -0.3 is 11.1 Å². The molecule has 5 heteroatoms. The van der Waals surface area contributed by atoms with E-state index >= 15 is 0 Å². The summed E-state index contributed by atoms with van der Waals surface area (Å²) < 4.78 is 0. The van der Waals surface area contributed by atoms with Gasteiger partial charge in [-0.2, -0.15) is 0 Å². The molecular weight excluding hydrogens is 282 g/mol. The van der Waals surface area contributed by atoms with E-state index in [0.717, 1.165) is 16.1 Å². The molecule has 1 heterocycles. The Morgan fingerprint density at radius 3 is 3.00 bits per heavy atom. The van der Waals surface area contributed by atoms with Gasteiger partial charge in [-0.05, 0) is 31.5 Å². The molecule has 0 aliphatic carbocycles. The highest BCUT2D eigenvalue weighted by Gasteiger charge is 2.15. The number of benzene rings is 1. The summed E-state index contributed by atoms with van der Waals surface area (Å²) >= 11 is 1.52. The van der Waals surface area contributed by atoms with Crippen LogP contribution in [0.4, 0.5) is 0 Å². The number of carbonyl (C=O) groups is 1. The smallest absolute Gasteiger partial charge is 0.252 e. The summed E-state index contributed by atoms with van der Waals surface area (Å²) in [6.07, 6.45) is 1.73. The van der Waals surface area contributed by atoms with Gasteiger partial charge in [0.15, 0.2) is 0 Å². The second kappa shape index (κ2) is 7.02. The van der Waals surface area contributed by atoms with E-state index in [4.69, 9.17) is 5.73 Å². The summed E-state index contributed by atoms with van der Waals surface area (Å²) in [7, 11) is 0. The first-order valence-electron chi connectivity index (χ1n) is 6.61. The average molecular weight is 299 g/mol. The highest BCUT2D eigenvalue weighted by molar-refractivity contribution is 7.09. The molecule has 0 radical (unpaired) electrons. The van der Waals surface area contributed by atoms with Crippen molar-refractivity contribution in [2.45, 2.75) is 19.9 Å². The number of hydrogen-bond acceptors (Lipinski definition) is 4. The molecule has 1 aromatic carbocycles. The fourth-order valence-electron chi connectivity index (χ4n) is 1.88. The van der Waals surface area contributed by atoms with Crippen molar-refractivity contribution in [2.24, 2.45) is 5.73 Å². The topological polar surface area (TPSA) is 68.0 Å². The first-order chi connectivity index (χ1) is 10.1. The first kappa shape index (κ1) is 15.2. The highest BCUT2D eigenvalue weighted by atomic mass is 32.1. The number of carbonyl (C=O) groups excluding carboxylic acids is 1. The lowest BCUT2D eigenvalue weighted by atomic mass is 10.0. The van der Waals surface area contributed by atoms with Crippen molar-refractivity contribution in [1.82, 2.24) is 10.3 Å².